The van der Waals surface area contributed by atoms with Crippen LogP contribution in [0.2, 0.25) is 0 Å². The molecule has 1 amide bonds. The number of amides is 1. The van der Waals surface area contributed by atoms with Crippen LogP contribution in [0.5, 0.6) is 0 Å². The van der Waals surface area contributed by atoms with Crippen molar-refractivity contribution >= 4 is 11.9 Å². The van der Waals surface area contributed by atoms with Crippen molar-refractivity contribution in [2.24, 2.45) is 29.1 Å². The zero-order valence-electron chi connectivity index (χ0n) is 13.7. The van der Waals surface area contributed by atoms with E-state index in [0.717, 1.165) is 25.7 Å². The average molecular weight is 295 g/mol. The normalized spacial score (nSPS) is 33.0. The molecule has 0 saturated heterocycles. The Morgan fingerprint density at radius 1 is 1.24 bits per heavy atom. The molecule has 2 bridgehead atoms. The van der Waals surface area contributed by atoms with Crippen LogP contribution in [0.3, 0.4) is 0 Å². The smallest absolute Gasteiger partial charge is 0.308 e. The number of fused-ring (bicyclic) bond motifs is 2. The van der Waals surface area contributed by atoms with Crippen LogP contribution < -0.4 is 5.32 Å². The largest absolute Gasteiger partial charge is 0.481 e. The van der Waals surface area contributed by atoms with Crippen LogP contribution in [-0.4, -0.2) is 23.0 Å². The van der Waals surface area contributed by atoms with Gasteiger partial charge in [-0.1, -0.05) is 27.7 Å². The third kappa shape index (κ3) is 3.98. The maximum absolute atomic E-state index is 12.2. The highest BCUT2D eigenvalue weighted by Crippen LogP contribution is 2.48. The molecule has 21 heavy (non-hydrogen) atoms. The number of carbonyl (C=O) groups is 2. The lowest BCUT2D eigenvalue weighted by molar-refractivity contribution is -0.144. The summed E-state index contributed by atoms with van der Waals surface area (Å²) in [5, 5.41) is 12.4. The highest BCUT2D eigenvalue weighted by atomic mass is 16.4. The Balaban J connectivity index is 1.89. The molecule has 0 heterocycles. The summed E-state index contributed by atoms with van der Waals surface area (Å²) >= 11 is 0. The first-order valence-corrected chi connectivity index (χ1v) is 8.19. The molecular weight excluding hydrogens is 266 g/mol. The molecule has 0 aliphatic heterocycles. The minimum atomic E-state index is -0.741. The first kappa shape index (κ1) is 16.3. The van der Waals surface area contributed by atoms with Crippen LogP contribution in [0.15, 0.2) is 0 Å². The highest BCUT2D eigenvalue weighted by molar-refractivity contribution is 5.79. The van der Waals surface area contributed by atoms with E-state index in [-0.39, 0.29) is 29.2 Å². The Morgan fingerprint density at radius 2 is 1.86 bits per heavy atom. The fraction of sp³-hybridized carbons (Fsp3) is 0.882. The Bertz CT molecular complexity index is 413. The van der Waals surface area contributed by atoms with Crippen molar-refractivity contribution in [2.75, 3.05) is 0 Å². The summed E-state index contributed by atoms with van der Waals surface area (Å²) in [5.41, 5.74) is 0.218. The molecule has 120 valence electrons. The minimum Gasteiger partial charge on any atom is -0.481 e. The standard InChI is InChI=1S/C17H29NO3/c1-10(9-17(2,3)4)7-13(19)18-15-12-6-5-11(8-12)14(15)16(20)21/h10-12,14-15H,5-9H2,1-4H3,(H,18,19)(H,20,21). The summed E-state index contributed by atoms with van der Waals surface area (Å²) in [4.78, 5) is 23.7. The topological polar surface area (TPSA) is 66.4 Å². The lowest BCUT2D eigenvalue weighted by Gasteiger charge is -2.29. The molecule has 4 nitrogen and oxygen atoms in total. The second kappa shape index (κ2) is 5.98. The molecule has 5 unspecified atom stereocenters. The number of rotatable bonds is 5. The number of hydrogen-bond acceptors (Lipinski definition) is 2. The van der Waals surface area contributed by atoms with Gasteiger partial charge in [0.2, 0.25) is 5.91 Å². The van der Waals surface area contributed by atoms with Gasteiger partial charge in [-0.3, -0.25) is 9.59 Å². The van der Waals surface area contributed by atoms with E-state index in [4.69, 9.17) is 0 Å². The van der Waals surface area contributed by atoms with Gasteiger partial charge in [-0.15, -0.1) is 0 Å². The lowest BCUT2D eigenvalue weighted by Crippen LogP contribution is -2.47. The van der Waals surface area contributed by atoms with E-state index in [0.29, 0.717) is 18.3 Å². The molecule has 4 heteroatoms. The molecule has 0 aromatic rings. The third-order valence-electron chi connectivity index (χ3n) is 5.02. The van der Waals surface area contributed by atoms with Crippen molar-refractivity contribution in [2.45, 2.75) is 65.8 Å². The summed E-state index contributed by atoms with van der Waals surface area (Å²) in [6, 6.07) is -0.143. The molecule has 2 N–H and O–H groups in total. The Morgan fingerprint density at radius 3 is 2.43 bits per heavy atom. The Hall–Kier alpha value is -1.06. The van der Waals surface area contributed by atoms with Crippen molar-refractivity contribution in [3.8, 4) is 0 Å². The molecule has 2 rings (SSSR count). The number of carbonyl (C=O) groups excluding carboxylic acids is 1. The van der Waals surface area contributed by atoms with E-state index < -0.39 is 5.97 Å². The van der Waals surface area contributed by atoms with Gasteiger partial charge in [0.15, 0.2) is 0 Å². The van der Waals surface area contributed by atoms with Gasteiger partial charge in [0.05, 0.1) is 5.92 Å². The monoisotopic (exact) mass is 295 g/mol. The summed E-state index contributed by atoms with van der Waals surface area (Å²) in [6.45, 7) is 8.63. The second-order valence-electron chi connectivity index (χ2n) is 8.36. The first-order chi connectivity index (χ1) is 9.67. The molecular formula is C17H29NO3. The van der Waals surface area contributed by atoms with Crippen LogP contribution in [0.4, 0.5) is 0 Å². The predicted octanol–water partition coefficient (Wildman–Crippen LogP) is 3.06. The van der Waals surface area contributed by atoms with Crippen LogP contribution in [0.1, 0.15) is 59.8 Å². The maximum atomic E-state index is 12.2. The zero-order valence-corrected chi connectivity index (χ0v) is 13.7. The summed E-state index contributed by atoms with van der Waals surface area (Å²) in [6.07, 6.45) is 4.54. The van der Waals surface area contributed by atoms with Crippen LogP contribution in [0, 0.1) is 29.1 Å². The van der Waals surface area contributed by atoms with Gasteiger partial charge in [-0.05, 0) is 48.9 Å². The second-order valence-corrected chi connectivity index (χ2v) is 8.36. The van der Waals surface area contributed by atoms with Crippen molar-refractivity contribution in [1.82, 2.24) is 5.32 Å². The molecule has 2 fully saturated rings. The van der Waals surface area contributed by atoms with Crippen molar-refractivity contribution < 1.29 is 14.7 Å². The number of hydrogen-bond donors (Lipinski definition) is 2. The van der Waals surface area contributed by atoms with E-state index >= 15 is 0 Å². The number of aliphatic carboxylic acids is 1. The molecule has 2 aliphatic rings. The van der Waals surface area contributed by atoms with E-state index in [1.54, 1.807) is 0 Å². The van der Waals surface area contributed by atoms with Crippen molar-refractivity contribution in [3.05, 3.63) is 0 Å². The lowest BCUT2D eigenvalue weighted by atomic mass is 9.83. The number of nitrogens with one attached hydrogen (secondary N) is 1. The fourth-order valence-corrected chi connectivity index (χ4v) is 4.53. The highest BCUT2D eigenvalue weighted by Gasteiger charge is 2.51. The third-order valence-corrected chi connectivity index (χ3v) is 5.02. The fourth-order valence-electron chi connectivity index (χ4n) is 4.53. The summed E-state index contributed by atoms with van der Waals surface area (Å²) in [7, 11) is 0. The van der Waals surface area contributed by atoms with E-state index in [1.165, 1.54) is 0 Å². The molecule has 2 aliphatic carbocycles. The van der Waals surface area contributed by atoms with Gasteiger partial charge >= 0.3 is 5.97 Å². The minimum absolute atomic E-state index is 0.0237. The molecule has 0 radical (unpaired) electrons. The number of carboxylic acids is 1. The molecule has 0 aromatic carbocycles. The van der Waals surface area contributed by atoms with Gasteiger partial charge in [0.1, 0.15) is 0 Å². The Kier molecular flexibility index (Phi) is 4.64. The summed E-state index contributed by atoms with van der Waals surface area (Å²) in [5.74, 6) is -0.119. The van der Waals surface area contributed by atoms with Crippen LogP contribution >= 0.6 is 0 Å². The average Bonchev–Trinajstić information content (AvgIpc) is 2.85. The van der Waals surface area contributed by atoms with E-state index in [1.807, 2.05) is 0 Å². The van der Waals surface area contributed by atoms with Gasteiger partial charge in [-0.2, -0.15) is 0 Å². The predicted molar refractivity (Wildman–Crippen MR) is 81.7 cm³/mol. The quantitative estimate of drug-likeness (QED) is 0.819. The van der Waals surface area contributed by atoms with Crippen LogP contribution in [-0.2, 0) is 9.59 Å². The van der Waals surface area contributed by atoms with E-state index in [2.05, 4.69) is 33.0 Å². The first-order valence-electron chi connectivity index (χ1n) is 8.19. The molecule has 5 atom stereocenters. The molecule has 0 spiro atoms. The molecule has 0 aromatic heterocycles. The van der Waals surface area contributed by atoms with Gasteiger partial charge in [0, 0.05) is 12.5 Å². The maximum Gasteiger partial charge on any atom is 0.308 e. The SMILES string of the molecule is CC(CC(=O)NC1C2CCC(C2)C1C(=O)O)CC(C)(C)C. The Labute approximate surface area is 127 Å². The van der Waals surface area contributed by atoms with Crippen LogP contribution in [0.25, 0.3) is 0 Å². The van der Waals surface area contributed by atoms with Gasteiger partial charge < -0.3 is 10.4 Å². The van der Waals surface area contributed by atoms with Crippen molar-refractivity contribution in [1.29, 1.82) is 0 Å². The zero-order chi connectivity index (χ0) is 15.8. The summed E-state index contributed by atoms with van der Waals surface area (Å²) < 4.78 is 0. The molecule has 2 saturated carbocycles. The van der Waals surface area contributed by atoms with Gasteiger partial charge in [-0.25, -0.2) is 0 Å². The van der Waals surface area contributed by atoms with Gasteiger partial charge in [0.25, 0.3) is 0 Å². The van der Waals surface area contributed by atoms with Crippen molar-refractivity contribution in [3.63, 3.8) is 0 Å². The number of carboxylic acid groups (broad SMARTS) is 1. The van der Waals surface area contributed by atoms with E-state index in [9.17, 15) is 14.7 Å².